The van der Waals surface area contributed by atoms with Crippen LogP contribution in [0.25, 0.3) is 0 Å². The highest BCUT2D eigenvalue weighted by atomic mass is 79.9. The summed E-state index contributed by atoms with van der Waals surface area (Å²) >= 11 is 3.48. The molecule has 9 heteroatoms. The molecule has 0 aliphatic rings. The average molecular weight is 477 g/mol. The zero-order chi connectivity index (χ0) is 21.0. The van der Waals surface area contributed by atoms with Crippen molar-refractivity contribution in [3.8, 4) is 5.75 Å². The quantitative estimate of drug-likeness (QED) is 0.503. The van der Waals surface area contributed by atoms with E-state index in [1.54, 1.807) is 25.1 Å². The van der Waals surface area contributed by atoms with E-state index >= 15 is 0 Å². The van der Waals surface area contributed by atoms with Crippen molar-refractivity contribution < 1.29 is 13.2 Å². The molecule has 0 saturated carbocycles. The number of sulfone groups is 1. The average Bonchev–Trinajstić information content (AvgIpc) is 2.67. The van der Waals surface area contributed by atoms with Gasteiger partial charge in [0.15, 0.2) is 9.84 Å². The molecule has 29 heavy (non-hydrogen) atoms. The van der Waals surface area contributed by atoms with Crippen molar-refractivity contribution in [3.63, 3.8) is 0 Å². The smallest absolute Gasteiger partial charge is 0.178 e. The van der Waals surface area contributed by atoms with Gasteiger partial charge in [0.05, 0.1) is 23.4 Å². The van der Waals surface area contributed by atoms with Crippen LogP contribution in [0.4, 0.5) is 23.0 Å². The second kappa shape index (κ2) is 8.79. The molecule has 0 bridgehead atoms. The SMILES string of the molecule is CCS(=O)(=O)c1ccc(OC)c(Nc2cc(Nc3cc(C)cc(Br)c3)ncn2)c1. The Balaban J connectivity index is 1.89. The number of hydrogen-bond donors (Lipinski definition) is 2. The lowest BCUT2D eigenvalue weighted by Crippen LogP contribution is -2.05. The van der Waals surface area contributed by atoms with E-state index in [0.717, 1.165) is 15.7 Å². The van der Waals surface area contributed by atoms with Gasteiger partial charge in [-0.1, -0.05) is 22.9 Å². The number of aromatic nitrogens is 2. The number of ether oxygens (including phenoxy) is 1. The molecular formula is C20H21BrN4O3S. The molecule has 1 heterocycles. The lowest BCUT2D eigenvalue weighted by molar-refractivity contribution is 0.416. The Bertz CT molecular complexity index is 1120. The van der Waals surface area contributed by atoms with E-state index in [1.807, 2.05) is 25.1 Å². The van der Waals surface area contributed by atoms with E-state index in [-0.39, 0.29) is 10.6 Å². The fraction of sp³-hybridized carbons (Fsp3) is 0.200. The second-order valence-electron chi connectivity index (χ2n) is 6.32. The van der Waals surface area contributed by atoms with E-state index < -0.39 is 9.84 Å². The van der Waals surface area contributed by atoms with Gasteiger partial charge in [-0.05, 0) is 48.9 Å². The van der Waals surface area contributed by atoms with E-state index in [9.17, 15) is 8.42 Å². The molecule has 0 amide bonds. The topological polar surface area (TPSA) is 93.2 Å². The first-order chi connectivity index (χ1) is 13.8. The molecular weight excluding hydrogens is 456 g/mol. The lowest BCUT2D eigenvalue weighted by atomic mass is 10.2. The highest BCUT2D eigenvalue weighted by Crippen LogP contribution is 2.31. The molecule has 152 valence electrons. The number of rotatable bonds is 7. The number of nitrogens with one attached hydrogen (secondary N) is 2. The maximum Gasteiger partial charge on any atom is 0.178 e. The third-order valence-corrected chi connectivity index (χ3v) is 6.34. The largest absolute Gasteiger partial charge is 0.495 e. The number of hydrogen-bond acceptors (Lipinski definition) is 7. The van der Waals surface area contributed by atoms with Crippen molar-refractivity contribution in [1.29, 1.82) is 0 Å². The van der Waals surface area contributed by atoms with Crippen molar-refractivity contribution in [2.75, 3.05) is 23.5 Å². The number of nitrogens with zero attached hydrogens (tertiary/aromatic N) is 2. The molecule has 0 atom stereocenters. The number of anilines is 4. The summed E-state index contributed by atoms with van der Waals surface area (Å²) in [5, 5.41) is 6.36. The van der Waals surface area contributed by atoms with Crippen LogP contribution in [0.2, 0.25) is 0 Å². The summed E-state index contributed by atoms with van der Waals surface area (Å²) in [6, 6.07) is 12.4. The lowest BCUT2D eigenvalue weighted by Gasteiger charge is -2.13. The van der Waals surface area contributed by atoms with Crippen molar-refractivity contribution >= 4 is 48.8 Å². The Morgan fingerprint density at radius 3 is 2.41 bits per heavy atom. The zero-order valence-corrected chi connectivity index (χ0v) is 18.6. The van der Waals surface area contributed by atoms with Crippen LogP contribution in [-0.4, -0.2) is 31.2 Å². The molecule has 0 unspecified atom stereocenters. The Labute approximate surface area is 178 Å². The van der Waals surface area contributed by atoms with Gasteiger partial charge in [-0.15, -0.1) is 0 Å². The van der Waals surface area contributed by atoms with Crippen molar-refractivity contribution in [3.05, 3.63) is 58.8 Å². The van der Waals surface area contributed by atoms with Gasteiger partial charge in [-0.2, -0.15) is 0 Å². The van der Waals surface area contributed by atoms with Gasteiger partial charge in [0.2, 0.25) is 0 Å². The predicted octanol–water partition coefficient (Wildman–Crippen LogP) is 4.84. The predicted molar refractivity (Wildman–Crippen MR) is 118 cm³/mol. The highest BCUT2D eigenvalue weighted by Gasteiger charge is 2.15. The van der Waals surface area contributed by atoms with Gasteiger partial charge in [0.25, 0.3) is 0 Å². The van der Waals surface area contributed by atoms with Crippen LogP contribution >= 0.6 is 15.9 Å². The minimum atomic E-state index is -3.34. The van der Waals surface area contributed by atoms with Crippen LogP contribution in [0.15, 0.2) is 58.2 Å². The van der Waals surface area contributed by atoms with Crippen LogP contribution in [0.5, 0.6) is 5.75 Å². The molecule has 2 aromatic carbocycles. The van der Waals surface area contributed by atoms with Crippen LogP contribution in [0.3, 0.4) is 0 Å². The van der Waals surface area contributed by atoms with Crippen LogP contribution < -0.4 is 15.4 Å². The molecule has 1 aromatic heterocycles. The van der Waals surface area contributed by atoms with Gasteiger partial charge in [-0.25, -0.2) is 18.4 Å². The summed E-state index contributed by atoms with van der Waals surface area (Å²) in [6.45, 7) is 3.62. The molecule has 3 aromatic rings. The van der Waals surface area contributed by atoms with Crippen LogP contribution in [-0.2, 0) is 9.84 Å². The standard InChI is InChI=1S/C20H21BrN4O3S/c1-4-29(26,27)16-5-6-18(28-3)17(10-16)25-20-11-19(22-12-23-20)24-15-8-13(2)7-14(21)9-15/h5-12H,4H2,1-3H3,(H2,22,23,24,25). The summed E-state index contributed by atoms with van der Waals surface area (Å²) in [6.07, 6.45) is 1.43. The van der Waals surface area contributed by atoms with Gasteiger partial charge < -0.3 is 15.4 Å². The van der Waals surface area contributed by atoms with Gasteiger partial charge in [0.1, 0.15) is 23.7 Å². The monoisotopic (exact) mass is 476 g/mol. The molecule has 7 nitrogen and oxygen atoms in total. The number of benzene rings is 2. The molecule has 0 fully saturated rings. The van der Waals surface area contributed by atoms with Gasteiger partial charge in [-0.3, -0.25) is 0 Å². The van der Waals surface area contributed by atoms with Crippen molar-refractivity contribution in [2.45, 2.75) is 18.7 Å². The van der Waals surface area contributed by atoms with E-state index in [0.29, 0.717) is 23.1 Å². The normalized spacial score (nSPS) is 11.2. The molecule has 3 rings (SSSR count). The summed E-state index contributed by atoms with van der Waals surface area (Å²) in [7, 11) is -1.82. The Hall–Kier alpha value is -2.65. The zero-order valence-electron chi connectivity index (χ0n) is 16.2. The summed E-state index contributed by atoms with van der Waals surface area (Å²) in [5.74, 6) is 1.62. The van der Waals surface area contributed by atoms with E-state index in [4.69, 9.17) is 4.74 Å². The highest BCUT2D eigenvalue weighted by molar-refractivity contribution is 9.10. The Morgan fingerprint density at radius 2 is 1.76 bits per heavy atom. The van der Waals surface area contributed by atoms with Crippen molar-refractivity contribution in [2.24, 2.45) is 0 Å². The Morgan fingerprint density at radius 1 is 1.03 bits per heavy atom. The first-order valence-corrected chi connectivity index (χ1v) is 11.3. The number of methoxy groups -OCH3 is 1. The summed E-state index contributed by atoms with van der Waals surface area (Å²) in [4.78, 5) is 8.69. The molecule has 0 aliphatic carbocycles. The first-order valence-electron chi connectivity index (χ1n) is 8.85. The van der Waals surface area contributed by atoms with Crippen molar-refractivity contribution in [1.82, 2.24) is 9.97 Å². The molecule has 0 aliphatic heterocycles. The van der Waals surface area contributed by atoms with Gasteiger partial charge >= 0.3 is 0 Å². The number of halogens is 1. The third kappa shape index (κ3) is 5.24. The van der Waals surface area contributed by atoms with E-state index in [1.165, 1.54) is 19.5 Å². The first kappa shape index (κ1) is 21.1. The van der Waals surface area contributed by atoms with Crippen LogP contribution in [0, 0.1) is 6.92 Å². The third-order valence-electron chi connectivity index (χ3n) is 4.15. The second-order valence-corrected chi connectivity index (χ2v) is 9.52. The maximum atomic E-state index is 12.2. The molecule has 0 saturated heterocycles. The molecule has 0 radical (unpaired) electrons. The van der Waals surface area contributed by atoms with E-state index in [2.05, 4.69) is 36.5 Å². The van der Waals surface area contributed by atoms with Crippen LogP contribution in [0.1, 0.15) is 12.5 Å². The maximum absolute atomic E-state index is 12.2. The molecule has 0 spiro atoms. The van der Waals surface area contributed by atoms with Gasteiger partial charge in [0, 0.05) is 16.2 Å². The summed E-state index contributed by atoms with van der Waals surface area (Å²) < 4.78 is 30.7. The Kier molecular flexibility index (Phi) is 6.39. The minimum absolute atomic E-state index is 0.0202. The number of aryl methyl sites for hydroxylation is 1. The fourth-order valence-corrected chi connectivity index (χ4v) is 4.25. The summed E-state index contributed by atoms with van der Waals surface area (Å²) in [5.41, 5.74) is 2.49. The minimum Gasteiger partial charge on any atom is -0.495 e. The molecule has 2 N–H and O–H groups in total. The fourth-order valence-electron chi connectivity index (χ4n) is 2.73.